The monoisotopic (exact) mass is 604 g/mol. The fourth-order valence-electron chi connectivity index (χ4n) is 7.72. The Morgan fingerprint density at radius 3 is 1.91 bits per heavy atom. The lowest BCUT2D eigenvalue weighted by molar-refractivity contribution is 0.657. The molecule has 10 rings (SSSR count). The number of rotatable bonds is 3. The molecule has 5 nitrogen and oxygen atoms in total. The van der Waals surface area contributed by atoms with Gasteiger partial charge in [0.1, 0.15) is 11.2 Å². The van der Waals surface area contributed by atoms with Crippen LogP contribution >= 0.6 is 0 Å². The van der Waals surface area contributed by atoms with Crippen molar-refractivity contribution in [3.8, 4) is 39.9 Å². The normalized spacial score (nSPS) is 13.5. The van der Waals surface area contributed by atoms with E-state index in [1.165, 1.54) is 38.4 Å². The van der Waals surface area contributed by atoms with Gasteiger partial charge in [0.2, 0.25) is 5.95 Å². The Morgan fingerprint density at radius 1 is 0.532 bits per heavy atom. The van der Waals surface area contributed by atoms with E-state index in [1.807, 2.05) is 24.3 Å². The molecular weight excluding hydrogens is 576 g/mol. The van der Waals surface area contributed by atoms with Crippen molar-refractivity contribution in [3.05, 3.63) is 145 Å². The Bertz CT molecular complexity index is 2660. The van der Waals surface area contributed by atoms with Crippen LogP contribution in [0.25, 0.3) is 83.6 Å². The lowest BCUT2D eigenvalue weighted by Gasteiger charge is -2.22. The maximum Gasteiger partial charge on any atom is 0.238 e. The zero-order valence-corrected chi connectivity index (χ0v) is 25.9. The van der Waals surface area contributed by atoms with Gasteiger partial charge in [-0.15, -0.1) is 0 Å². The third-order valence-electron chi connectivity index (χ3n) is 9.85. The summed E-state index contributed by atoms with van der Waals surface area (Å²) in [6.07, 6.45) is 0. The molecule has 0 unspecified atom stereocenters. The largest absolute Gasteiger partial charge is 0.456 e. The first-order chi connectivity index (χ1) is 23.1. The van der Waals surface area contributed by atoms with Crippen molar-refractivity contribution >= 4 is 43.7 Å². The van der Waals surface area contributed by atoms with Crippen LogP contribution in [0.1, 0.15) is 25.0 Å². The highest BCUT2D eigenvalue weighted by molar-refractivity contribution is 6.11. The molecule has 1 aliphatic carbocycles. The molecule has 0 bridgehead atoms. The van der Waals surface area contributed by atoms with Gasteiger partial charge in [0.05, 0.1) is 11.0 Å². The number of para-hydroxylation sites is 3. The zero-order chi connectivity index (χ0) is 31.3. The Labute approximate surface area is 270 Å². The molecule has 9 aromatic rings. The smallest absolute Gasteiger partial charge is 0.238 e. The zero-order valence-electron chi connectivity index (χ0n) is 25.9. The highest BCUT2D eigenvalue weighted by Crippen LogP contribution is 2.53. The molecule has 1 aliphatic rings. The molecule has 0 N–H and O–H groups in total. The molecule has 0 radical (unpaired) electrons. The van der Waals surface area contributed by atoms with Crippen molar-refractivity contribution in [2.45, 2.75) is 19.3 Å². The lowest BCUT2D eigenvalue weighted by Crippen LogP contribution is -2.15. The van der Waals surface area contributed by atoms with E-state index in [2.05, 4.69) is 128 Å². The minimum atomic E-state index is -0.211. The number of hydrogen-bond acceptors (Lipinski definition) is 4. The van der Waals surface area contributed by atoms with Crippen LogP contribution in [0.4, 0.5) is 0 Å². The molecule has 0 spiro atoms. The molecule has 47 heavy (non-hydrogen) atoms. The van der Waals surface area contributed by atoms with Gasteiger partial charge < -0.3 is 4.42 Å². The highest BCUT2D eigenvalue weighted by Gasteiger charge is 2.38. The molecule has 0 amide bonds. The van der Waals surface area contributed by atoms with Crippen molar-refractivity contribution in [2.24, 2.45) is 0 Å². The second-order valence-electron chi connectivity index (χ2n) is 12.9. The number of benzene rings is 6. The van der Waals surface area contributed by atoms with Gasteiger partial charge >= 0.3 is 0 Å². The van der Waals surface area contributed by atoms with Gasteiger partial charge in [-0.2, -0.15) is 9.97 Å². The van der Waals surface area contributed by atoms with E-state index in [0.29, 0.717) is 17.6 Å². The molecular formula is C42H28N4O. The second-order valence-corrected chi connectivity index (χ2v) is 12.9. The van der Waals surface area contributed by atoms with Gasteiger partial charge in [-0.3, -0.25) is 4.57 Å². The second kappa shape index (κ2) is 9.47. The predicted molar refractivity (Wildman–Crippen MR) is 190 cm³/mol. The van der Waals surface area contributed by atoms with Gasteiger partial charge in [-0.1, -0.05) is 117 Å². The van der Waals surface area contributed by atoms with Gasteiger partial charge in [0, 0.05) is 38.1 Å². The van der Waals surface area contributed by atoms with E-state index in [0.717, 1.165) is 38.7 Å². The van der Waals surface area contributed by atoms with Crippen LogP contribution in [-0.2, 0) is 5.41 Å². The van der Waals surface area contributed by atoms with Gasteiger partial charge in [-0.05, 0) is 52.6 Å². The van der Waals surface area contributed by atoms with E-state index in [4.69, 9.17) is 19.4 Å². The van der Waals surface area contributed by atoms with Crippen LogP contribution in [0.3, 0.4) is 0 Å². The van der Waals surface area contributed by atoms with E-state index < -0.39 is 0 Å². The molecule has 0 atom stereocenters. The topological polar surface area (TPSA) is 56.7 Å². The molecule has 0 saturated carbocycles. The van der Waals surface area contributed by atoms with Gasteiger partial charge in [-0.25, -0.2) is 4.98 Å². The van der Waals surface area contributed by atoms with Crippen LogP contribution < -0.4 is 0 Å². The summed E-state index contributed by atoms with van der Waals surface area (Å²) in [6.45, 7) is 4.63. The van der Waals surface area contributed by atoms with Gasteiger partial charge in [0.15, 0.2) is 11.6 Å². The fraction of sp³-hybridized carbons (Fsp3) is 0.0714. The number of furan rings is 1. The van der Waals surface area contributed by atoms with Crippen LogP contribution in [0.2, 0.25) is 0 Å². The first kappa shape index (κ1) is 26.2. The molecule has 0 aliphatic heterocycles. The van der Waals surface area contributed by atoms with E-state index in [9.17, 15) is 0 Å². The van der Waals surface area contributed by atoms with E-state index >= 15 is 0 Å². The van der Waals surface area contributed by atoms with Crippen molar-refractivity contribution in [3.63, 3.8) is 0 Å². The van der Waals surface area contributed by atoms with Crippen molar-refractivity contribution in [1.82, 2.24) is 19.5 Å². The summed E-state index contributed by atoms with van der Waals surface area (Å²) in [6, 6.07) is 46.4. The maximum absolute atomic E-state index is 6.30. The average molecular weight is 605 g/mol. The number of aromatic nitrogens is 4. The molecule has 6 aromatic carbocycles. The highest BCUT2D eigenvalue weighted by atomic mass is 16.3. The van der Waals surface area contributed by atoms with Crippen molar-refractivity contribution in [2.75, 3.05) is 0 Å². The minimum Gasteiger partial charge on any atom is -0.456 e. The van der Waals surface area contributed by atoms with Gasteiger partial charge in [0.25, 0.3) is 0 Å². The predicted octanol–water partition coefficient (Wildman–Crippen LogP) is 10.5. The molecule has 0 saturated heterocycles. The van der Waals surface area contributed by atoms with E-state index in [-0.39, 0.29) is 5.41 Å². The standard InChI is InChI=1S/C42H28N4O/c1-42(2)32-22-20-26(24-31(32)29-21-23-36-37(38(29)42)30-16-8-11-19-35(30)47-36)40-43-39(25-12-4-3-5-13-25)44-41(45-40)46-33-17-9-6-14-27(33)28-15-7-10-18-34(28)46/h3-24H,1-2H3. The number of fused-ring (bicyclic) bond motifs is 10. The Kier molecular flexibility index (Phi) is 5.28. The molecule has 5 heteroatoms. The fourth-order valence-corrected chi connectivity index (χ4v) is 7.72. The summed E-state index contributed by atoms with van der Waals surface area (Å²) in [5, 5.41) is 4.68. The number of hydrogen-bond donors (Lipinski definition) is 0. The number of nitrogens with zero attached hydrogens (tertiary/aromatic N) is 4. The van der Waals surface area contributed by atoms with Crippen molar-refractivity contribution < 1.29 is 4.42 Å². The van der Waals surface area contributed by atoms with Crippen molar-refractivity contribution in [1.29, 1.82) is 0 Å². The van der Waals surface area contributed by atoms with Crippen LogP contribution in [0.5, 0.6) is 0 Å². The first-order valence-corrected chi connectivity index (χ1v) is 16.0. The SMILES string of the molecule is CC1(C)c2ccc(-c3nc(-c4ccccc4)nc(-n4c5ccccc5c5ccccc54)n3)cc2-c2ccc3oc4ccccc4c3c21. The molecule has 0 fully saturated rings. The third-order valence-corrected chi connectivity index (χ3v) is 9.85. The Hall–Kier alpha value is -6.07. The Morgan fingerprint density at radius 2 is 1.17 bits per heavy atom. The summed E-state index contributed by atoms with van der Waals surface area (Å²) in [7, 11) is 0. The Balaban J connectivity index is 1.22. The third kappa shape index (κ3) is 3.68. The lowest BCUT2D eigenvalue weighted by atomic mass is 9.80. The summed E-state index contributed by atoms with van der Waals surface area (Å²) in [4.78, 5) is 15.4. The van der Waals surface area contributed by atoms with E-state index in [1.54, 1.807) is 0 Å². The van der Waals surface area contributed by atoms with Crippen LogP contribution in [0, 0.1) is 0 Å². The molecule has 3 aromatic heterocycles. The summed E-state index contributed by atoms with van der Waals surface area (Å²) >= 11 is 0. The van der Waals surface area contributed by atoms with Crippen LogP contribution in [-0.4, -0.2) is 19.5 Å². The average Bonchev–Trinajstić information content (AvgIpc) is 3.74. The molecule has 3 heterocycles. The van der Waals surface area contributed by atoms with Crippen LogP contribution in [0.15, 0.2) is 138 Å². The first-order valence-electron chi connectivity index (χ1n) is 16.0. The maximum atomic E-state index is 6.30. The molecule has 222 valence electrons. The quantitative estimate of drug-likeness (QED) is 0.201. The summed E-state index contributed by atoms with van der Waals surface area (Å²) < 4.78 is 8.46. The summed E-state index contributed by atoms with van der Waals surface area (Å²) in [5.41, 5.74) is 10.7. The minimum absolute atomic E-state index is 0.211. The summed E-state index contributed by atoms with van der Waals surface area (Å²) in [5.74, 6) is 1.87.